The number of nitrogens with zero attached hydrogens (tertiary/aromatic N) is 6. The van der Waals surface area contributed by atoms with Crippen LogP contribution < -0.4 is 9.80 Å². The summed E-state index contributed by atoms with van der Waals surface area (Å²) in [5.41, 5.74) is 0.917. The molecule has 0 unspecified atom stereocenters. The summed E-state index contributed by atoms with van der Waals surface area (Å²) in [7, 11) is 1.95. The fourth-order valence-corrected chi connectivity index (χ4v) is 3.42. The molecule has 23 heavy (non-hydrogen) atoms. The topological polar surface area (TPSA) is 59.3 Å². The SMILES string of the molecule is Cn1ncc2c(N3CCOCC3)nc(N3CCCCCC3)nc21. The van der Waals surface area contributed by atoms with Crippen molar-refractivity contribution < 1.29 is 4.74 Å². The first-order chi connectivity index (χ1) is 11.3. The molecule has 0 radical (unpaired) electrons. The molecule has 0 spiro atoms. The van der Waals surface area contributed by atoms with Gasteiger partial charge in [0.15, 0.2) is 5.65 Å². The van der Waals surface area contributed by atoms with Gasteiger partial charge in [-0.2, -0.15) is 15.1 Å². The molecule has 0 saturated carbocycles. The summed E-state index contributed by atoms with van der Waals surface area (Å²) in [5.74, 6) is 1.86. The molecule has 2 aromatic heterocycles. The first kappa shape index (κ1) is 14.7. The Balaban J connectivity index is 1.76. The largest absolute Gasteiger partial charge is 0.378 e. The van der Waals surface area contributed by atoms with Crippen LogP contribution in [0.25, 0.3) is 11.0 Å². The quantitative estimate of drug-likeness (QED) is 0.838. The highest BCUT2D eigenvalue weighted by molar-refractivity contribution is 5.88. The number of morpholine rings is 1. The van der Waals surface area contributed by atoms with Crippen molar-refractivity contribution in [3.05, 3.63) is 6.20 Å². The number of fused-ring (bicyclic) bond motifs is 1. The third-order valence-corrected chi connectivity index (χ3v) is 4.76. The molecular weight excluding hydrogens is 292 g/mol. The van der Waals surface area contributed by atoms with E-state index in [0.717, 1.165) is 62.2 Å². The minimum absolute atomic E-state index is 0.755. The molecule has 0 aromatic carbocycles. The summed E-state index contributed by atoms with van der Waals surface area (Å²) in [6, 6.07) is 0. The predicted molar refractivity (Wildman–Crippen MR) is 90.0 cm³/mol. The summed E-state index contributed by atoms with van der Waals surface area (Å²) in [4.78, 5) is 14.4. The van der Waals surface area contributed by atoms with Crippen molar-refractivity contribution in [2.75, 3.05) is 49.2 Å². The summed E-state index contributed by atoms with van der Waals surface area (Å²) in [6.45, 7) is 5.36. The molecule has 0 atom stereocenters. The number of aryl methyl sites for hydroxylation is 1. The fourth-order valence-electron chi connectivity index (χ4n) is 3.42. The molecule has 7 heteroatoms. The first-order valence-electron chi connectivity index (χ1n) is 8.60. The van der Waals surface area contributed by atoms with Crippen LogP contribution in [0.5, 0.6) is 0 Å². The lowest BCUT2D eigenvalue weighted by molar-refractivity contribution is 0.122. The molecule has 7 nitrogen and oxygen atoms in total. The standard InChI is InChI=1S/C16H24N6O/c1-20-14-13(12-17-20)15(21-8-10-23-11-9-21)19-16(18-14)22-6-4-2-3-5-7-22/h12H,2-11H2,1H3. The summed E-state index contributed by atoms with van der Waals surface area (Å²) in [6.07, 6.45) is 6.94. The van der Waals surface area contributed by atoms with Crippen molar-refractivity contribution in [3.8, 4) is 0 Å². The Hall–Kier alpha value is -1.89. The molecule has 2 saturated heterocycles. The van der Waals surface area contributed by atoms with E-state index in [1.54, 1.807) is 0 Å². The number of hydrogen-bond acceptors (Lipinski definition) is 6. The molecule has 2 aromatic rings. The number of anilines is 2. The Morgan fingerprint density at radius 2 is 1.65 bits per heavy atom. The Bertz CT molecular complexity index is 671. The maximum Gasteiger partial charge on any atom is 0.229 e. The molecule has 0 amide bonds. The first-order valence-corrected chi connectivity index (χ1v) is 8.60. The summed E-state index contributed by atoms with van der Waals surface area (Å²) >= 11 is 0. The van der Waals surface area contributed by atoms with Crippen LogP contribution in [-0.2, 0) is 11.8 Å². The molecule has 0 bridgehead atoms. The second-order valence-corrected chi connectivity index (χ2v) is 6.35. The van der Waals surface area contributed by atoms with E-state index in [4.69, 9.17) is 14.7 Å². The van der Waals surface area contributed by atoms with Crippen LogP contribution in [0.2, 0.25) is 0 Å². The normalized spacial score (nSPS) is 20.0. The van der Waals surface area contributed by atoms with Gasteiger partial charge in [0, 0.05) is 33.2 Å². The van der Waals surface area contributed by atoms with E-state index < -0.39 is 0 Å². The maximum atomic E-state index is 5.49. The van der Waals surface area contributed by atoms with Gasteiger partial charge in [0.25, 0.3) is 0 Å². The van der Waals surface area contributed by atoms with Crippen molar-refractivity contribution in [2.24, 2.45) is 7.05 Å². The fraction of sp³-hybridized carbons (Fsp3) is 0.688. The zero-order valence-corrected chi connectivity index (χ0v) is 13.7. The van der Waals surface area contributed by atoms with Gasteiger partial charge in [-0.05, 0) is 12.8 Å². The van der Waals surface area contributed by atoms with Crippen molar-refractivity contribution in [1.82, 2.24) is 19.7 Å². The van der Waals surface area contributed by atoms with Crippen molar-refractivity contribution in [1.29, 1.82) is 0 Å². The zero-order valence-electron chi connectivity index (χ0n) is 13.7. The highest BCUT2D eigenvalue weighted by atomic mass is 16.5. The number of rotatable bonds is 2. The van der Waals surface area contributed by atoms with Gasteiger partial charge < -0.3 is 14.5 Å². The molecular formula is C16H24N6O. The van der Waals surface area contributed by atoms with Crippen molar-refractivity contribution >= 4 is 22.8 Å². The molecule has 2 fully saturated rings. The molecule has 2 aliphatic rings. The van der Waals surface area contributed by atoms with E-state index >= 15 is 0 Å². The second kappa shape index (κ2) is 6.31. The van der Waals surface area contributed by atoms with E-state index in [9.17, 15) is 0 Å². The van der Waals surface area contributed by atoms with Gasteiger partial charge in [-0.15, -0.1) is 0 Å². The molecule has 0 aliphatic carbocycles. The lowest BCUT2D eigenvalue weighted by atomic mass is 10.2. The molecule has 2 aliphatic heterocycles. The Kier molecular flexibility index (Phi) is 4.03. The number of ether oxygens (including phenoxy) is 1. The van der Waals surface area contributed by atoms with Crippen LogP contribution in [0.4, 0.5) is 11.8 Å². The van der Waals surface area contributed by atoms with Crippen LogP contribution in [0, 0.1) is 0 Å². The zero-order chi connectivity index (χ0) is 15.6. The molecule has 124 valence electrons. The highest BCUT2D eigenvalue weighted by Crippen LogP contribution is 2.27. The van der Waals surface area contributed by atoms with Crippen LogP contribution in [0.3, 0.4) is 0 Å². The van der Waals surface area contributed by atoms with Gasteiger partial charge in [0.05, 0.1) is 24.8 Å². The summed E-state index contributed by atoms with van der Waals surface area (Å²) < 4.78 is 7.33. The Labute approximate surface area is 136 Å². The lowest BCUT2D eigenvalue weighted by Crippen LogP contribution is -2.37. The van der Waals surface area contributed by atoms with Crippen LogP contribution in [0.1, 0.15) is 25.7 Å². The van der Waals surface area contributed by atoms with Gasteiger partial charge in [-0.1, -0.05) is 12.8 Å². The predicted octanol–water partition coefficient (Wildman–Crippen LogP) is 1.58. The maximum absolute atomic E-state index is 5.49. The third kappa shape index (κ3) is 2.85. The van der Waals surface area contributed by atoms with E-state index in [1.807, 2.05) is 17.9 Å². The monoisotopic (exact) mass is 316 g/mol. The van der Waals surface area contributed by atoms with Gasteiger partial charge >= 0.3 is 0 Å². The van der Waals surface area contributed by atoms with Crippen LogP contribution in [-0.4, -0.2) is 59.1 Å². The number of hydrogen-bond donors (Lipinski definition) is 0. The van der Waals surface area contributed by atoms with Gasteiger partial charge in [0.2, 0.25) is 5.95 Å². The Morgan fingerprint density at radius 1 is 0.913 bits per heavy atom. The highest BCUT2D eigenvalue weighted by Gasteiger charge is 2.22. The van der Waals surface area contributed by atoms with Gasteiger partial charge in [-0.25, -0.2) is 0 Å². The van der Waals surface area contributed by atoms with Crippen molar-refractivity contribution in [3.63, 3.8) is 0 Å². The van der Waals surface area contributed by atoms with E-state index in [1.165, 1.54) is 25.7 Å². The molecule has 4 heterocycles. The Morgan fingerprint density at radius 3 is 2.39 bits per heavy atom. The second-order valence-electron chi connectivity index (χ2n) is 6.35. The molecule has 4 rings (SSSR count). The lowest BCUT2D eigenvalue weighted by Gasteiger charge is -2.29. The van der Waals surface area contributed by atoms with Crippen molar-refractivity contribution in [2.45, 2.75) is 25.7 Å². The average molecular weight is 316 g/mol. The van der Waals surface area contributed by atoms with E-state index in [0.29, 0.717) is 0 Å². The van der Waals surface area contributed by atoms with E-state index in [-0.39, 0.29) is 0 Å². The van der Waals surface area contributed by atoms with Gasteiger partial charge in [-0.3, -0.25) is 4.68 Å². The van der Waals surface area contributed by atoms with E-state index in [2.05, 4.69) is 14.9 Å². The van der Waals surface area contributed by atoms with Gasteiger partial charge in [0.1, 0.15) is 5.82 Å². The molecule has 0 N–H and O–H groups in total. The third-order valence-electron chi connectivity index (χ3n) is 4.76. The minimum Gasteiger partial charge on any atom is -0.378 e. The average Bonchev–Trinajstić information content (AvgIpc) is 2.81. The van der Waals surface area contributed by atoms with Crippen LogP contribution >= 0.6 is 0 Å². The number of aromatic nitrogens is 4. The smallest absolute Gasteiger partial charge is 0.229 e. The summed E-state index contributed by atoms with van der Waals surface area (Å²) in [5, 5.41) is 5.43. The minimum atomic E-state index is 0.755. The van der Waals surface area contributed by atoms with Crippen LogP contribution in [0.15, 0.2) is 6.20 Å².